The van der Waals surface area contributed by atoms with Crippen LogP contribution in [0, 0.1) is 17.8 Å². The highest BCUT2D eigenvalue weighted by Gasteiger charge is 2.40. The molecule has 5 heteroatoms. The molecule has 0 saturated heterocycles. The Bertz CT molecular complexity index is 293. The summed E-state index contributed by atoms with van der Waals surface area (Å²) in [5.41, 5.74) is 0. The molecule has 1 fully saturated rings. The molecule has 2 N–H and O–H groups in total. The zero-order valence-corrected chi connectivity index (χ0v) is 11.1. The molecule has 0 heterocycles. The van der Waals surface area contributed by atoms with Gasteiger partial charge in [-0.2, -0.15) is 0 Å². The van der Waals surface area contributed by atoms with E-state index in [-0.39, 0.29) is 11.8 Å². The Morgan fingerprint density at radius 3 is 2.61 bits per heavy atom. The quantitative estimate of drug-likeness (QED) is 0.674. The van der Waals surface area contributed by atoms with Crippen LogP contribution in [-0.2, 0) is 14.3 Å². The van der Waals surface area contributed by atoms with Crippen LogP contribution < -0.4 is 5.32 Å². The maximum absolute atomic E-state index is 11.9. The Morgan fingerprint density at radius 2 is 2.00 bits per heavy atom. The van der Waals surface area contributed by atoms with Crippen LogP contribution in [0.1, 0.15) is 33.1 Å². The van der Waals surface area contributed by atoms with Gasteiger partial charge in [0.05, 0.1) is 11.8 Å². The van der Waals surface area contributed by atoms with Gasteiger partial charge >= 0.3 is 5.97 Å². The Hall–Kier alpha value is -1.10. The summed E-state index contributed by atoms with van der Waals surface area (Å²) in [6.45, 7) is 5.78. The van der Waals surface area contributed by atoms with Crippen LogP contribution in [0.25, 0.3) is 0 Å². The minimum absolute atomic E-state index is 0.122. The van der Waals surface area contributed by atoms with E-state index >= 15 is 0 Å². The van der Waals surface area contributed by atoms with E-state index in [0.29, 0.717) is 38.5 Å². The first-order valence-corrected chi connectivity index (χ1v) is 6.64. The lowest BCUT2D eigenvalue weighted by atomic mass is 9.95. The molecular formula is C13H23NO4. The van der Waals surface area contributed by atoms with Crippen LogP contribution >= 0.6 is 0 Å². The first-order chi connectivity index (χ1) is 8.56. The summed E-state index contributed by atoms with van der Waals surface area (Å²) in [7, 11) is 0. The molecule has 0 aromatic carbocycles. The molecule has 1 saturated carbocycles. The van der Waals surface area contributed by atoms with Crippen LogP contribution in [0.5, 0.6) is 0 Å². The number of carboxylic acids is 1. The van der Waals surface area contributed by atoms with Gasteiger partial charge in [0.15, 0.2) is 0 Å². The molecule has 3 atom stereocenters. The largest absolute Gasteiger partial charge is 0.481 e. The van der Waals surface area contributed by atoms with Crippen molar-refractivity contribution in [2.24, 2.45) is 17.8 Å². The van der Waals surface area contributed by atoms with Crippen LogP contribution in [0.3, 0.4) is 0 Å². The smallest absolute Gasteiger partial charge is 0.307 e. The number of ether oxygens (including phenoxy) is 1. The van der Waals surface area contributed by atoms with Crippen molar-refractivity contribution >= 4 is 11.9 Å². The fourth-order valence-electron chi connectivity index (χ4n) is 2.52. The minimum atomic E-state index is -0.853. The SMILES string of the molecule is CCOCCCNC(=O)[C@H]1CC(C)C[C@H]1C(=O)O. The molecule has 0 radical (unpaired) electrons. The average Bonchev–Trinajstić information content (AvgIpc) is 2.71. The highest BCUT2D eigenvalue weighted by Crippen LogP contribution is 2.36. The number of carboxylic acid groups (broad SMARTS) is 1. The normalized spacial score (nSPS) is 27.1. The first-order valence-electron chi connectivity index (χ1n) is 6.64. The summed E-state index contributed by atoms with van der Waals surface area (Å²) in [5.74, 6) is -1.56. The Balaban J connectivity index is 2.33. The average molecular weight is 257 g/mol. The molecule has 104 valence electrons. The van der Waals surface area contributed by atoms with Gasteiger partial charge < -0.3 is 15.2 Å². The lowest BCUT2D eigenvalue weighted by Gasteiger charge is -2.15. The molecule has 0 aliphatic heterocycles. The van der Waals surface area contributed by atoms with Crippen molar-refractivity contribution < 1.29 is 19.4 Å². The molecule has 0 aromatic rings. The second kappa shape index (κ2) is 7.36. The van der Waals surface area contributed by atoms with Crippen molar-refractivity contribution in [1.29, 1.82) is 0 Å². The lowest BCUT2D eigenvalue weighted by Crippen LogP contribution is -2.36. The van der Waals surface area contributed by atoms with Gasteiger partial charge in [-0.3, -0.25) is 9.59 Å². The van der Waals surface area contributed by atoms with Crippen molar-refractivity contribution in [2.75, 3.05) is 19.8 Å². The topological polar surface area (TPSA) is 75.6 Å². The molecule has 1 aliphatic carbocycles. The van der Waals surface area contributed by atoms with E-state index in [1.165, 1.54) is 0 Å². The Kier molecular flexibility index (Phi) is 6.12. The maximum atomic E-state index is 11.9. The van der Waals surface area contributed by atoms with E-state index in [1.807, 2.05) is 13.8 Å². The van der Waals surface area contributed by atoms with E-state index in [2.05, 4.69) is 5.32 Å². The summed E-state index contributed by atoms with van der Waals surface area (Å²) in [6, 6.07) is 0. The van der Waals surface area contributed by atoms with Gasteiger partial charge in [0.2, 0.25) is 5.91 Å². The minimum Gasteiger partial charge on any atom is -0.481 e. The van der Waals surface area contributed by atoms with Gasteiger partial charge in [-0.15, -0.1) is 0 Å². The second-order valence-electron chi connectivity index (χ2n) is 4.97. The van der Waals surface area contributed by atoms with E-state index in [1.54, 1.807) is 0 Å². The molecule has 1 rings (SSSR count). The number of aliphatic carboxylic acids is 1. The monoisotopic (exact) mass is 257 g/mol. The van der Waals surface area contributed by atoms with E-state index in [9.17, 15) is 9.59 Å². The van der Waals surface area contributed by atoms with Gasteiger partial charge in [0.1, 0.15) is 0 Å². The number of nitrogens with one attached hydrogen (secondary N) is 1. The number of carbonyl (C=O) groups is 2. The Morgan fingerprint density at radius 1 is 1.33 bits per heavy atom. The standard InChI is InChI=1S/C13H23NO4/c1-3-18-6-4-5-14-12(15)10-7-9(2)8-11(10)13(16)17/h9-11H,3-8H2,1-2H3,(H,14,15)(H,16,17)/t9?,10-,11+/m0/s1. The van der Waals surface area contributed by atoms with Gasteiger partial charge in [-0.1, -0.05) is 6.92 Å². The number of hydrogen-bond acceptors (Lipinski definition) is 3. The van der Waals surface area contributed by atoms with Crippen LogP contribution in [0.2, 0.25) is 0 Å². The molecule has 1 aliphatic rings. The molecule has 1 unspecified atom stereocenters. The molecule has 5 nitrogen and oxygen atoms in total. The fourth-order valence-corrected chi connectivity index (χ4v) is 2.52. The third kappa shape index (κ3) is 4.29. The van der Waals surface area contributed by atoms with Crippen molar-refractivity contribution in [1.82, 2.24) is 5.32 Å². The molecule has 1 amide bonds. The molecule has 0 aromatic heterocycles. The van der Waals surface area contributed by atoms with Gasteiger partial charge in [-0.25, -0.2) is 0 Å². The van der Waals surface area contributed by atoms with Crippen molar-refractivity contribution in [2.45, 2.75) is 33.1 Å². The molecule has 0 bridgehead atoms. The summed E-state index contributed by atoms with van der Waals surface area (Å²) in [5, 5.41) is 11.9. The number of hydrogen-bond donors (Lipinski definition) is 2. The fraction of sp³-hybridized carbons (Fsp3) is 0.846. The van der Waals surface area contributed by atoms with Gasteiger partial charge in [0, 0.05) is 19.8 Å². The van der Waals surface area contributed by atoms with Crippen LogP contribution in [-0.4, -0.2) is 36.7 Å². The summed E-state index contributed by atoms with van der Waals surface area (Å²) in [6.07, 6.45) is 2.04. The summed E-state index contributed by atoms with van der Waals surface area (Å²) < 4.78 is 5.17. The molecular weight excluding hydrogens is 234 g/mol. The second-order valence-corrected chi connectivity index (χ2v) is 4.97. The van der Waals surface area contributed by atoms with Gasteiger partial charge in [0.25, 0.3) is 0 Å². The first kappa shape index (κ1) is 15.0. The predicted octanol–water partition coefficient (Wildman–Crippen LogP) is 1.28. The van der Waals surface area contributed by atoms with Crippen LogP contribution in [0.4, 0.5) is 0 Å². The number of carbonyl (C=O) groups excluding carboxylic acids is 1. The number of rotatable bonds is 7. The molecule has 0 spiro atoms. The third-order valence-electron chi connectivity index (χ3n) is 3.42. The summed E-state index contributed by atoms with van der Waals surface area (Å²) >= 11 is 0. The van der Waals surface area contributed by atoms with E-state index in [4.69, 9.17) is 9.84 Å². The van der Waals surface area contributed by atoms with Crippen LogP contribution in [0.15, 0.2) is 0 Å². The zero-order chi connectivity index (χ0) is 13.5. The Labute approximate surface area is 108 Å². The zero-order valence-electron chi connectivity index (χ0n) is 11.1. The van der Waals surface area contributed by atoms with Crippen molar-refractivity contribution in [3.05, 3.63) is 0 Å². The highest BCUT2D eigenvalue weighted by molar-refractivity contribution is 5.85. The van der Waals surface area contributed by atoms with Gasteiger partial charge in [-0.05, 0) is 32.1 Å². The van der Waals surface area contributed by atoms with E-state index in [0.717, 1.165) is 6.42 Å². The predicted molar refractivity (Wildman–Crippen MR) is 67.1 cm³/mol. The molecule has 18 heavy (non-hydrogen) atoms. The maximum Gasteiger partial charge on any atom is 0.307 e. The van der Waals surface area contributed by atoms with Crippen molar-refractivity contribution in [3.63, 3.8) is 0 Å². The highest BCUT2D eigenvalue weighted by atomic mass is 16.5. The van der Waals surface area contributed by atoms with Crippen molar-refractivity contribution in [3.8, 4) is 0 Å². The summed E-state index contributed by atoms with van der Waals surface area (Å²) in [4.78, 5) is 23.0. The third-order valence-corrected chi connectivity index (χ3v) is 3.42. The number of amides is 1. The lowest BCUT2D eigenvalue weighted by molar-refractivity contribution is -0.146. The van der Waals surface area contributed by atoms with E-state index < -0.39 is 11.9 Å².